The Morgan fingerprint density at radius 1 is 1.26 bits per heavy atom. The van der Waals surface area contributed by atoms with Gasteiger partial charge in [0.15, 0.2) is 17.9 Å². The van der Waals surface area contributed by atoms with Gasteiger partial charge in [-0.15, -0.1) is 0 Å². The van der Waals surface area contributed by atoms with Gasteiger partial charge in [0, 0.05) is 11.1 Å². The predicted octanol–water partition coefficient (Wildman–Crippen LogP) is 0.669. The number of β-lactam (4-membered cyclic amide) rings is 1. The lowest BCUT2D eigenvalue weighted by Gasteiger charge is -2.50. The summed E-state index contributed by atoms with van der Waals surface area (Å²) in [5, 5.41) is 32.8. The summed E-state index contributed by atoms with van der Waals surface area (Å²) in [5.74, 6) is -1.81. The minimum Gasteiger partial charge on any atom is -0.508 e. The summed E-state index contributed by atoms with van der Waals surface area (Å²) in [4.78, 5) is 41.3. The Morgan fingerprint density at radius 2 is 1.97 bits per heavy atom. The number of carbonyl (C=O) groups is 3. The standard InChI is InChI=1S/C25H26N4O6/c1-15-17(9-6-10-19(15)30)22(32)27-18(13-16-7-4-3-5-8-16)20(31)23(33)28-14-35-25(2)21(28)24(34)29(25)12-11-26/h3-10,18,20-21,30-31H,12-14H2,1-2H3,(H,27,32)/t18-,20-,21+,25-/m0/s1. The first-order chi connectivity index (χ1) is 16.7. The van der Waals surface area contributed by atoms with Gasteiger partial charge in [0.1, 0.15) is 19.0 Å². The van der Waals surface area contributed by atoms with E-state index in [1.54, 1.807) is 38.1 Å². The third-order valence-corrected chi connectivity index (χ3v) is 6.66. The molecule has 10 nitrogen and oxygen atoms in total. The van der Waals surface area contributed by atoms with Crippen LogP contribution >= 0.6 is 0 Å². The third-order valence-electron chi connectivity index (χ3n) is 6.66. The van der Waals surface area contributed by atoms with Crippen LogP contribution in [0.2, 0.25) is 0 Å². The second-order valence-electron chi connectivity index (χ2n) is 8.79. The molecular weight excluding hydrogens is 452 g/mol. The topological polar surface area (TPSA) is 143 Å². The minimum absolute atomic E-state index is 0.0483. The van der Waals surface area contributed by atoms with Gasteiger partial charge in [0.2, 0.25) is 0 Å². The third kappa shape index (κ3) is 4.20. The van der Waals surface area contributed by atoms with Gasteiger partial charge < -0.3 is 20.3 Å². The Balaban J connectivity index is 1.57. The number of phenols is 1. The predicted molar refractivity (Wildman–Crippen MR) is 123 cm³/mol. The number of carbonyl (C=O) groups excluding carboxylic acids is 3. The fourth-order valence-corrected chi connectivity index (χ4v) is 4.59. The highest BCUT2D eigenvalue weighted by Gasteiger charge is 2.66. The lowest BCUT2D eigenvalue weighted by Crippen LogP contribution is -2.75. The molecule has 4 atom stereocenters. The number of hydrogen-bond donors (Lipinski definition) is 3. The first kappa shape index (κ1) is 24.2. The number of nitrogens with one attached hydrogen (secondary N) is 1. The van der Waals surface area contributed by atoms with Crippen LogP contribution in [-0.2, 0) is 20.7 Å². The number of ether oxygens (including phenoxy) is 1. The van der Waals surface area contributed by atoms with Crippen LogP contribution in [0.25, 0.3) is 0 Å². The van der Waals surface area contributed by atoms with Crippen LogP contribution in [0.1, 0.15) is 28.4 Å². The van der Waals surface area contributed by atoms with Crippen molar-refractivity contribution in [2.45, 2.75) is 44.2 Å². The average molecular weight is 479 g/mol. The normalized spacial score (nSPS) is 22.6. The van der Waals surface area contributed by atoms with Gasteiger partial charge >= 0.3 is 0 Å². The van der Waals surface area contributed by atoms with Crippen LogP contribution in [0.4, 0.5) is 0 Å². The summed E-state index contributed by atoms with van der Waals surface area (Å²) in [6.07, 6.45) is -1.54. The van der Waals surface area contributed by atoms with Gasteiger partial charge in [0.25, 0.3) is 17.7 Å². The Morgan fingerprint density at radius 3 is 2.66 bits per heavy atom. The summed E-state index contributed by atoms with van der Waals surface area (Å²) in [5.41, 5.74) is 0.213. The van der Waals surface area contributed by atoms with Crippen molar-refractivity contribution in [2.24, 2.45) is 0 Å². The Kier molecular flexibility index (Phi) is 6.47. The number of phenolic OH excluding ortho intramolecular Hbond substituents is 1. The van der Waals surface area contributed by atoms with Gasteiger partial charge in [-0.1, -0.05) is 36.4 Å². The molecule has 35 heavy (non-hydrogen) atoms. The summed E-state index contributed by atoms with van der Waals surface area (Å²) in [6, 6.07) is 13.5. The number of nitriles is 1. The Bertz CT molecular complexity index is 1200. The van der Waals surface area contributed by atoms with Crippen molar-refractivity contribution in [3.63, 3.8) is 0 Å². The van der Waals surface area contributed by atoms with Gasteiger partial charge in [-0.2, -0.15) is 5.26 Å². The maximum Gasteiger partial charge on any atom is 0.256 e. The summed E-state index contributed by atoms with van der Waals surface area (Å²) in [6.45, 7) is 2.80. The highest BCUT2D eigenvalue weighted by molar-refractivity contribution is 5.98. The summed E-state index contributed by atoms with van der Waals surface area (Å²) < 4.78 is 5.67. The molecule has 0 radical (unpaired) electrons. The van der Waals surface area contributed by atoms with E-state index in [1.807, 2.05) is 12.1 Å². The first-order valence-corrected chi connectivity index (χ1v) is 11.1. The van der Waals surface area contributed by atoms with Crippen LogP contribution in [0.5, 0.6) is 5.75 Å². The van der Waals surface area contributed by atoms with Gasteiger partial charge in [0.05, 0.1) is 12.1 Å². The van der Waals surface area contributed by atoms with Gasteiger partial charge in [-0.25, -0.2) is 0 Å². The molecule has 0 spiro atoms. The number of amides is 3. The highest BCUT2D eigenvalue weighted by Crippen LogP contribution is 2.41. The second-order valence-corrected chi connectivity index (χ2v) is 8.79. The fraction of sp³-hybridized carbons (Fsp3) is 0.360. The van der Waals surface area contributed by atoms with Crippen molar-refractivity contribution < 1.29 is 29.3 Å². The molecule has 10 heteroatoms. The molecule has 2 aliphatic rings. The van der Waals surface area contributed by atoms with E-state index in [1.165, 1.54) is 23.1 Å². The number of aromatic hydroxyl groups is 1. The van der Waals surface area contributed by atoms with Crippen LogP contribution in [0.15, 0.2) is 48.5 Å². The van der Waals surface area contributed by atoms with Gasteiger partial charge in [-0.05, 0) is 38.0 Å². The SMILES string of the molecule is Cc1c(O)cccc1C(=O)N[C@@H](Cc1ccccc1)[C@H](O)C(=O)N1CO[C@@]2(C)[C@H]1C(=O)N2CC#N. The van der Waals surface area contributed by atoms with Crippen molar-refractivity contribution in [1.82, 2.24) is 15.1 Å². The zero-order valence-corrected chi connectivity index (χ0v) is 19.3. The molecule has 2 aliphatic heterocycles. The number of rotatable bonds is 7. The number of benzene rings is 2. The van der Waals surface area contributed by atoms with Gasteiger partial charge in [-0.3, -0.25) is 24.2 Å². The smallest absolute Gasteiger partial charge is 0.256 e. The van der Waals surface area contributed by atoms with Crippen LogP contribution in [-0.4, -0.2) is 74.9 Å². The van der Waals surface area contributed by atoms with E-state index >= 15 is 0 Å². The molecule has 2 heterocycles. The van der Waals surface area contributed by atoms with E-state index in [0.29, 0.717) is 5.56 Å². The molecule has 0 aromatic heterocycles. The summed E-state index contributed by atoms with van der Waals surface area (Å²) in [7, 11) is 0. The van der Waals surface area contributed by atoms with E-state index in [-0.39, 0.29) is 31.0 Å². The lowest BCUT2D eigenvalue weighted by molar-refractivity contribution is -0.196. The molecule has 2 fully saturated rings. The van der Waals surface area contributed by atoms with E-state index in [2.05, 4.69) is 5.32 Å². The Labute approximate surface area is 202 Å². The van der Waals surface area contributed by atoms with Crippen molar-refractivity contribution in [2.75, 3.05) is 13.3 Å². The number of likely N-dealkylation sites (tertiary alicyclic amines) is 1. The van der Waals surface area contributed by atoms with Crippen molar-refractivity contribution in [1.29, 1.82) is 5.26 Å². The number of nitrogens with zero attached hydrogens (tertiary/aromatic N) is 3. The van der Waals surface area contributed by atoms with Crippen LogP contribution < -0.4 is 5.32 Å². The van der Waals surface area contributed by atoms with Crippen LogP contribution in [0.3, 0.4) is 0 Å². The Hall–Kier alpha value is -3.94. The van der Waals surface area contributed by atoms with E-state index < -0.39 is 41.6 Å². The molecule has 182 valence electrons. The average Bonchev–Trinajstić information content (AvgIpc) is 3.17. The number of aliphatic hydroxyl groups excluding tert-OH is 1. The zero-order valence-electron chi connectivity index (χ0n) is 19.3. The maximum absolute atomic E-state index is 13.3. The molecule has 2 saturated heterocycles. The number of fused-ring (bicyclic) bond motifs is 1. The van der Waals surface area contributed by atoms with Crippen molar-refractivity contribution in [3.05, 3.63) is 65.2 Å². The zero-order chi connectivity index (χ0) is 25.3. The molecule has 2 aromatic carbocycles. The molecule has 4 rings (SSSR count). The maximum atomic E-state index is 13.3. The van der Waals surface area contributed by atoms with Crippen molar-refractivity contribution >= 4 is 17.7 Å². The van der Waals surface area contributed by atoms with Crippen molar-refractivity contribution in [3.8, 4) is 11.8 Å². The number of hydrogen-bond acceptors (Lipinski definition) is 7. The largest absolute Gasteiger partial charge is 0.508 e. The molecule has 0 bridgehead atoms. The number of aliphatic hydroxyl groups is 1. The molecule has 3 N–H and O–H groups in total. The monoisotopic (exact) mass is 478 g/mol. The summed E-state index contributed by atoms with van der Waals surface area (Å²) >= 11 is 0. The van der Waals surface area contributed by atoms with E-state index in [4.69, 9.17) is 10.00 Å². The molecule has 0 unspecified atom stereocenters. The molecule has 0 aliphatic carbocycles. The fourth-order valence-electron chi connectivity index (χ4n) is 4.59. The molecule has 0 saturated carbocycles. The first-order valence-electron chi connectivity index (χ1n) is 11.1. The second kappa shape index (κ2) is 9.37. The van der Waals surface area contributed by atoms with Crippen LogP contribution in [0, 0.1) is 18.3 Å². The molecule has 2 aromatic rings. The molecular formula is C25H26N4O6. The molecule has 3 amide bonds. The van der Waals surface area contributed by atoms with E-state index in [0.717, 1.165) is 10.5 Å². The highest BCUT2D eigenvalue weighted by atomic mass is 16.6. The van der Waals surface area contributed by atoms with E-state index in [9.17, 15) is 24.6 Å². The minimum atomic E-state index is -1.68. The quantitative estimate of drug-likeness (QED) is 0.392. The lowest BCUT2D eigenvalue weighted by atomic mass is 9.91.